The van der Waals surface area contributed by atoms with Crippen LogP contribution in [0, 0.1) is 10.1 Å². The summed E-state index contributed by atoms with van der Waals surface area (Å²) in [6, 6.07) is 1.22. The minimum Gasteiger partial charge on any atom is -0.372 e. The van der Waals surface area contributed by atoms with Crippen molar-refractivity contribution in [3.05, 3.63) is 27.9 Å². The van der Waals surface area contributed by atoms with Crippen LogP contribution in [0.25, 0.3) is 0 Å². The Hall–Kier alpha value is -1.83. The second kappa shape index (κ2) is 7.57. The fraction of sp³-hybridized carbons (Fsp3) is 0.455. The maximum atomic E-state index is 11.9. The quantitative estimate of drug-likeness (QED) is 0.447. The third kappa shape index (κ3) is 4.40. The molecule has 19 heavy (non-hydrogen) atoms. The number of hydrogen-bond acceptors (Lipinski definition) is 6. The van der Waals surface area contributed by atoms with Crippen molar-refractivity contribution in [3.8, 4) is 0 Å². The van der Waals surface area contributed by atoms with Gasteiger partial charge in [0.2, 0.25) is 0 Å². The molecule has 1 amide bonds. The van der Waals surface area contributed by atoms with Crippen LogP contribution in [0.2, 0.25) is 0 Å². The number of nitrogens with zero attached hydrogens (tertiary/aromatic N) is 2. The highest BCUT2D eigenvalue weighted by Gasteiger charge is 2.17. The van der Waals surface area contributed by atoms with Gasteiger partial charge in [0.1, 0.15) is 12.0 Å². The summed E-state index contributed by atoms with van der Waals surface area (Å²) in [6.45, 7) is 0.533. The largest absolute Gasteiger partial charge is 0.372 e. The van der Waals surface area contributed by atoms with E-state index in [0.717, 1.165) is 18.4 Å². The zero-order valence-corrected chi connectivity index (χ0v) is 11.6. The molecule has 0 fully saturated rings. The van der Waals surface area contributed by atoms with E-state index < -0.39 is 4.92 Å². The van der Waals surface area contributed by atoms with Crippen LogP contribution in [-0.4, -0.2) is 41.4 Å². The lowest BCUT2D eigenvalue weighted by molar-refractivity contribution is -0.385. The molecule has 2 N–H and O–H groups in total. The van der Waals surface area contributed by atoms with Gasteiger partial charge in [-0.1, -0.05) is 0 Å². The molecule has 0 saturated carbocycles. The van der Waals surface area contributed by atoms with Crippen molar-refractivity contribution in [2.24, 2.45) is 0 Å². The van der Waals surface area contributed by atoms with Crippen LogP contribution in [0.15, 0.2) is 12.3 Å². The molecular weight excluding hydrogens is 268 g/mol. The normalized spacial score (nSPS) is 10.0. The van der Waals surface area contributed by atoms with Crippen LogP contribution in [0.3, 0.4) is 0 Å². The smallest absolute Gasteiger partial charge is 0.288 e. The summed E-state index contributed by atoms with van der Waals surface area (Å²) in [5.74, 6) is 0.918. The summed E-state index contributed by atoms with van der Waals surface area (Å²) in [5, 5.41) is 16.2. The van der Waals surface area contributed by atoms with E-state index in [2.05, 4.69) is 15.6 Å². The maximum absolute atomic E-state index is 11.9. The Balaban J connectivity index is 2.81. The van der Waals surface area contributed by atoms with Gasteiger partial charge >= 0.3 is 0 Å². The van der Waals surface area contributed by atoms with Crippen LogP contribution in [0.4, 0.5) is 11.5 Å². The van der Waals surface area contributed by atoms with Crippen LogP contribution < -0.4 is 10.6 Å². The summed E-state index contributed by atoms with van der Waals surface area (Å²) < 4.78 is 0. The summed E-state index contributed by atoms with van der Waals surface area (Å²) in [7, 11) is 1.61. The monoisotopic (exact) mass is 284 g/mol. The summed E-state index contributed by atoms with van der Waals surface area (Å²) in [6.07, 6.45) is 3.96. The first-order valence-electron chi connectivity index (χ1n) is 5.69. The van der Waals surface area contributed by atoms with E-state index in [-0.39, 0.29) is 17.2 Å². The number of rotatable bonds is 7. The number of pyridine rings is 1. The highest BCUT2D eigenvalue weighted by molar-refractivity contribution is 7.98. The van der Waals surface area contributed by atoms with E-state index in [0.29, 0.717) is 12.4 Å². The highest BCUT2D eigenvalue weighted by atomic mass is 32.2. The third-order valence-electron chi connectivity index (χ3n) is 2.38. The average Bonchev–Trinajstić information content (AvgIpc) is 2.42. The molecule has 104 valence electrons. The van der Waals surface area contributed by atoms with Gasteiger partial charge in [0, 0.05) is 19.7 Å². The predicted octanol–water partition coefficient (Wildman–Crippen LogP) is 1.51. The highest BCUT2D eigenvalue weighted by Crippen LogP contribution is 2.18. The van der Waals surface area contributed by atoms with Gasteiger partial charge in [-0.2, -0.15) is 11.8 Å². The first-order chi connectivity index (χ1) is 9.10. The van der Waals surface area contributed by atoms with Crippen molar-refractivity contribution in [2.45, 2.75) is 6.42 Å². The van der Waals surface area contributed by atoms with Crippen molar-refractivity contribution >= 4 is 29.2 Å². The summed E-state index contributed by atoms with van der Waals surface area (Å²) >= 11 is 1.70. The minimum atomic E-state index is -0.572. The van der Waals surface area contributed by atoms with E-state index in [1.54, 1.807) is 18.8 Å². The Bertz CT molecular complexity index is 467. The maximum Gasteiger partial charge on any atom is 0.288 e. The number of thioether (sulfide) groups is 1. The van der Waals surface area contributed by atoms with Gasteiger partial charge in [-0.3, -0.25) is 14.9 Å². The SMILES string of the molecule is CNc1ncc([N+](=O)[O-])cc1C(=O)NCCCSC. The van der Waals surface area contributed by atoms with Gasteiger partial charge in [0.05, 0.1) is 10.5 Å². The zero-order valence-electron chi connectivity index (χ0n) is 10.8. The van der Waals surface area contributed by atoms with Gasteiger partial charge in [-0.05, 0) is 18.4 Å². The van der Waals surface area contributed by atoms with Crippen molar-refractivity contribution < 1.29 is 9.72 Å². The fourth-order valence-electron chi connectivity index (χ4n) is 1.44. The Morgan fingerprint density at radius 3 is 2.89 bits per heavy atom. The molecule has 7 nitrogen and oxygen atoms in total. The first-order valence-corrected chi connectivity index (χ1v) is 7.09. The third-order valence-corrected chi connectivity index (χ3v) is 3.07. The molecule has 0 aliphatic rings. The Morgan fingerprint density at radius 1 is 1.58 bits per heavy atom. The zero-order chi connectivity index (χ0) is 14.3. The fourth-order valence-corrected chi connectivity index (χ4v) is 1.87. The Morgan fingerprint density at radius 2 is 2.32 bits per heavy atom. The number of amides is 1. The second-order valence-electron chi connectivity index (χ2n) is 3.70. The molecule has 1 aromatic heterocycles. The van der Waals surface area contributed by atoms with Crippen molar-refractivity contribution in [2.75, 3.05) is 30.9 Å². The molecule has 0 aromatic carbocycles. The Kier molecular flexibility index (Phi) is 6.07. The molecule has 0 atom stereocenters. The number of nitro groups is 1. The lowest BCUT2D eigenvalue weighted by atomic mass is 10.2. The molecule has 0 radical (unpaired) electrons. The number of carbonyl (C=O) groups is 1. The molecule has 0 bridgehead atoms. The van der Waals surface area contributed by atoms with E-state index in [1.807, 2.05) is 6.26 Å². The Labute approximate surface area is 115 Å². The predicted molar refractivity (Wildman–Crippen MR) is 75.8 cm³/mol. The standard InChI is InChI=1S/C11H16N4O3S/c1-12-10-9(6-8(7-14-10)15(17)18)11(16)13-4-3-5-19-2/h6-7H,3-5H2,1-2H3,(H,12,14)(H,13,16). The molecule has 1 heterocycles. The molecule has 1 rings (SSSR count). The van der Waals surface area contributed by atoms with E-state index >= 15 is 0 Å². The van der Waals surface area contributed by atoms with Gasteiger partial charge in [0.25, 0.3) is 11.6 Å². The van der Waals surface area contributed by atoms with Gasteiger partial charge in [-0.15, -0.1) is 0 Å². The van der Waals surface area contributed by atoms with Crippen LogP contribution >= 0.6 is 11.8 Å². The van der Waals surface area contributed by atoms with Crippen molar-refractivity contribution in [3.63, 3.8) is 0 Å². The number of aromatic nitrogens is 1. The number of hydrogen-bond donors (Lipinski definition) is 2. The summed E-state index contributed by atoms with van der Waals surface area (Å²) in [4.78, 5) is 25.9. The van der Waals surface area contributed by atoms with E-state index in [9.17, 15) is 14.9 Å². The number of anilines is 1. The van der Waals surface area contributed by atoms with Crippen LogP contribution in [0.1, 0.15) is 16.8 Å². The van der Waals surface area contributed by atoms with E-state index in [4.69, 9.17) is 0 Å². The van der Waals surface area contributed by atoms with Crippen molar-refractivity contribution in [1.82, 2.24) is 10.3 Å². The molecule has 0 unspecified atom stereocenters. The second-order valence-corrected chi connectivity index (χ2v) is 4.68. The number of nitrogens with one attached hydrogen (secondary N) is 2. The van der Waals surface area contributed by atoms with E-state index in [1.165, 1.54) is 6.07 Å². The molecule has 0 spiro atoms. The number of carbonyl (C=O) groups excluding carboxylic acids is 1. The summed E-state index contributed by atoms with van der Waals surface area (Å²) in [5.41, 5.74) is -0.0193. The molecule has 0 saturated heterocycles. The molecule has 8 heteroatoms. The van der Waals surface area contributed by atoms with Gasteiger partial charge in [-0.25, -0.2) is 4.98 Å². The van der Waals surface area contributed by atoms with Crippen LogP contribution in [0.5, 0.6) is 0 Å². The average molecular weight is 284 g/mol. The van der Waals surface area contributed by atoms with Gasteiger partial charge < -0.3 is 10.6 Å². The molecule has 1 aromatic rings. The lowest BCUT2D eigenvalue weighted by Gasteiger charge is -2.08. The van der Waals surface area contributed by atoms with Crippen LogP contribution in [-0.2, 0) is 0 Å². The van der Waals surface area contributed by atoms with Crippen molar-refractivity contribution in [1.29, 1.82) is 0 Å². The van der Waals surface area contributed by atoms with Gasteiger partial charge in [0.15, 0.2) is 0 Å². The molecular formula is C11H16N4O3S. The first kappa shape index (κ1) is 15.2. The molecule has 0 aliphatic carbocycles. The molecule has 0 aliphatic heterocycles. The lowest BCUT2D eigenvalue weighted by Crippen LogP contribution is -2.26. The topological polar surface area (TPSA) is 97.2 Å². The minimum absolute atomic E-state index is 0.181.